The molecular weight excluding hydrogens is 345 g/mol. The minimum atomic E-state index is -0.347. The fraction of sp³-hybridized carbons (Fsp3) is 0.524. The third-order valence-electron chi connectivity index (χ3n) is 5.12. The Labute approximate surface area is 160 Å². The summed E-state index contributed by atoms with van der Waals surface area (Å²) in [7, 11) is 0. The van der Waals surface area contributed by atoms with Crippen LogP contribution in [0.2, 0.25) is 0 Å². The normalized spacial score (nSPS) is 18.4. The van der Waals surface area contributed by atoms with Gasteiger partial charge in [0.05, 0.1) is 18.3 Å². The highest BCUT2D eigenvalue weighted by atomic mass is 19.1. The molecule has 1 aromatic carbocycles. The van der Waals surface area contributed by atoms with E-state index in [9.17, 15) is 9.18 Å². The SMILES string of the molecule is Cc1cc(C)n([C@H](C)CC(=O)N2CCC[C@H](COc3ccccc3F)C2)n1. The van der Waals surface area contributed by atoms with E-state index in [1.165, 1.54) is 6.07 Å². The Bertz CT molecular complexity index is 789. The molecule has 0 N–H and O–H groups in total. The second-order valence-electron chi connectivity index (χ2n) is 7.51. The van der Waals surface area contributed by atoms with Crippen molar-refractivity contribution in [1.82, 2.24) is 14.7 Å². The number of amides is 1. The largest absolute Gasteiger partial charge is 0.490 e. The number of benzene rings is 1. The second kappa shape index (κ2) is 8.55. The fourth-order valence-corrected chi connectivity index (χ4v) is 3.76. The summed E-state index contributed by atoms with van der Waals surface area (Å²) >= 11 is 0. The average molecular weight is 373 g/mol. The molecule has 1 aliphatic heterocycles. The summed E-state index contributed by atoms with van der Waals surface area (Å²) in [5.74, 6) is 0.302. The molecule has 6 heteroatoms. The summed E-state index contributed by atoms with van der Waals surface area (Å²) in [6.07, 6.45) is 2.37. The average Bonchev–Trinajstić information content (AvgIpc) is 2.99. The zero-order valence-corrected chi connectivity index (χ0v) is 16.3. The molecule has 0 aliphatic carbocycles. The van der Waals surface area contributed by atoms with E-state index in [2.05, 4.69) is 5.10 Å². The summed E-state index contributed by atoms with van der Waals surface area (Å²) in [6, 6.07) is 8.49. The first-order valence-corrected chi connectivity index (χ1v) is 9.62. The van der Waals surface area contributed by atoms with Gasteiger partial charge in [0.1, 0.15) is 0 Å². The van der Waals surface area contributed by atoms with Crippen LogP contribution in [-0.4, -0.2) is 40.3 Å². The Morgan fingerprint density at radius 1 is 1.37 bits per heavy atom. The maximum absolute atomic E-state index is 13.7. The van der Waals surface area contributed by atoms with Crippen molar-refractivity contribution in [2.24, 2.45) is 5.92 Å². The highest BCUT2D eigenvalue weighted by molar-refractivity contribution is 5.76. The first-order valence-electron chi connectivity index (χ1n) is 9.62. The summed E-state index contributed by atoms with van der Waals surface area (Å²) < 4.78 is 21.3. The molecule has 5 nitrogen and oxygen atoms in total. The van der Waals surface area contributed by atoms with E-state index in [0.717, 1.165) is 30.8 Å². The molecule has 1 fully saturated rings. The Kier molecular flexibility index (Phi) is 6.14. The maximum Gasteiger partial charge on any atom is 0.224 e. The van der Waals surface area contributed by atoms with Crippen LogP contribution in [0.25, 0.3) is 0 Å². The molecule has 27 heavy (non-hydrogen) atoms. The van der Waals surface area contributed by atoms with E-state index < -0.39 is 0 Å². The van der Waals surface area contributed by atoms with Gasteiger partial charge in [-0.05, 0) is 51.8 Å². The van der Waals surface area contributed by atoms with Crippen LogP contribution in [0, 0.1) is 25.6 Å². The van der Waals surface area contributed by atoms with Crippen molar-refractivity contribution in [3.05, 3.63) is 47.5 Å². The van der Waals surface area contributed by atoms with Gasteiger partial charge in [0.15, 0.2) is 11.6 Å². The molecule has 0 bridgehead atoms. The zero-order valence-electron chi connectivity index (χ0n) is 16.3. The van der Waals surface area contributed by atoms with Crippen molar-refractivity contribution in [3.63, 3.8) is 0 Å². The molecule has 2 aromatic rings. The van der Waals surface area contributed by atoms with Crippen molar-refractivity contribution in [3.8, 4) is 5.75 Å². The third kappa shape index (κ3) is 4.87. The van der Waals surface area contributed by atoms with E-state index in [1.54, 1.807) is 18.2 Å². The first kappa shape index (κ1) is 19.4. The second-order valence-corrected chi connectivity index (χ2v) is 7.51. The number of hydrogen-bond donors (Lipinski definition) is 0. The number of aryl methyl sites for hydroxylation is 2. The maximum atomic E-state index is 13.7. The van der Waals surface area contributed by atoms with Crippen molar-refractivity contribution in [2.45, 2.75) is 46.1 Å². The van der Waals surface area contributed by atoms with Gasteiger partial charge in [0, 0.05) is 31.1 Å². The topological polar surface area (TPSA) is 47.4 Å². The number of carbonyl (C=O) groups is 1. The van der Waals surface area contributed by atoms with Crippen LogP contribution in [0.1, 0.15) is 43.6 Å². The fourth-order valence-electron chi connectivity index (χ4n) is 3.76. The molecule has 1 amide bonds. The number of rotatable bonds is 6. The lowest BCUT2D eigenvalue weighted by Gasteiger charge is -2.33. The minimum Gasteiger partial charge on any atom is -0.490 e. The molecule has 1 saturated heterocycles. The van der Waals surface area contributed by atoms with Gasteiger partial charge in [0.2, 0.25) is 5.91 Å². The number of halogens is 1. The molecule has 3 rings (SSSR count). The van der Waals surface area contributed by atoms with Gasteiger partial charge in [-0.25, -0.2) is 4.39 Å². The number of aromatic nitrogens is 2. The van der Waals surface area contributed by atoms with E-state index in [4.69, 9.17) is 4.74 Å². The standard InChI is InChI=1S/C21H28FN3O2/c1-15-11-16(2)25(23-15)17(3)12-21(26)24-10-6-7-18(13-24)14-27-20-9-5-4-8-19(20)22/h4-5,8-9,11,17-18H,6-7,10,12-14H2,1-3H3/t17-,18+/m1/s1. The molecule has 2 atom stereocenters. The van der Waals surface area contributed by atoms with E-state index in [-0.39, 0.29) is 29.4 Å². The Morgan fingerprint density at radius 2 is 2.15 bits per heavy atom. The summed E-state index contributed by atoms with van der Waals surface area (Å²) in [4.78, 5) is 14.7. The molecular formula is C21H28FN3O2. The number of nitrogens with zero attached hydrogens (tertiary/aromatic N) is 3. The molecule has 1 aliphatic rings. The minimum absolute atomic E-state index is 0.0289. The van der Waals surface area contributed by atoms with Crippen LogP contribution >= 0.6 is 0 Å². The van der Waals surface area contributed by atoms with Crippen molar-refractivity contribution in [2.75, 3.05) is 19.7 Å². The third-order valence-corrected chi connectivity index (χ3v) is 5.12. The quantitative estimate of drug-likeness (QED) is 0.771. The van der Waals surface area contributed by atoms with Crippen molar-refractivity contribution in [1.29, 1.82) is 0 Å². The smallest absolute Gasteiger partial charge is 0.224 e. The Hall–Kier alpha value is -2.37. The summed E-state index contributed by atoms with van der Waals surface area (Å²) in [5, 5.41) is 4.48. The highest BCUT2D eigenvalue weighted by Crippen LogP contribution is 2.23. The van der Waals surface area contributed by atoms with Gasteiger partial charge in [-0.15, -0.1) is 0 Å². The van der Waals surface area contributed by atoms with E-state index in [1.807, 2.05) is 36.4 Å². The lowest BCUT2D eigenvalue weighted by molar-refractivity contribution is -0.134. The number of para-hydroxylation sites is 1. The lowest BCUT2D eigenvalue weighted by Crippen LogP contribution is -2.42. The molecule has 0 spiro atoms. The van der Waals surface area contributed by atoms with Crippen LogP contribution < -0.4 is 4.74 Å². The van der Waals surface area contributed by atoms with Crippen molar-refractivity contribution < 1.29 is 13.9 Å². The van der Waals surface area contributed by atoms with Gasteiger partial charge >= 0.3 is 0 Å². The molecule has 0 unspecified atom stereocenters. The van der Waals surface area contributed by atoms with Gasteiger partial charge < -0.3 is 9.64 Å². The number of likely N-dealkylation sites (tertiary alicyclic amines) is 1. The van der Waals surface area contributed by atoms with E-state index in [0.29, 0.717) is 19.6 Å². The Balaban J connectivity index is 1.53. The van der Waals surface area contributed by atoms with E-state index >= 15 is 0 Å². The van der Waals surface area contributed by atoms with Crippen LogP contribution in [0.15, 0.2) is 30.3 Å². The van der Waals surface area contributed by atoms with Crippen molar-refractivity contribution >= 4 is 5.91 Å². The van der Waals surface area contributed by atoms with Crippen LogP contribution in [0.5, 0.6) is 5.75 Å². The number of piperidine rings is 1. The monoisotopic (exact) mass is 373 g/mol. The molecule has 2 heterocycles. The number of carbonyl (C=O) groups excluding carboxylic acids is 1. The van der Waals surface area contributed by atoms with Gasteiger partial charge in [-0.3, -0.25) is 9.48 Å². The van der Waals surface area contributed by atoms with Gasteiger partial charge in [-0.2, -0.15) is 5.10 Å². The predicted molar refractivity (Wildman–Crippen MR) is 102 cm³/mol. The molecule has 0 saturated carbocycles. The highest BCUT2D eigenvalue weighted by Gasteiger charge is 2.26. The van der Waals surface area contributed by atoms with Gasteiger partial charge in [0.25, 0.3) is 0 Å². The van der Waals surface area contributed by atoms with Crippen LogP contribution in [0.3, 0.4) is 0 Å². The summed E-state index contributed by atoms with van der Waals surface area (Å²) in [5.41, 5.74) is 2.04. The molecule has 1 aromatic heterocycles. The summed E-state index contributed by atoms with van der Waals surface area (Å²) in [6.45, 7) is 7.87. The zero-order chi connectivity index (χ0) is 19.4. The first-order chi connectivity index (χ1) is 12.9. The van der Waals surface area contributed by atoms with Crippen LogP contribution in [-0.2, 0) is 4.79 Å². The Morgan fingerprint density at radius 3 is 2.85 bits per heavy atom. The molecule has 146 valence electrons. The molecule has 0 radical (unpaired) electrons. The van der Waals surface area contributed by atoms with Gasteiger partial charge in [-0.1, -0.05) is 12.1 Å². The predicted octanol–water partition coefficient (Wildman–Crippen LogP) is 3.91. The van der Waals surface area contributed by atoms with Crippen LogP contribution in [0.4, 0.5) is 4.39 Å². The number of ether oxygens (including phenoxy) is 1. The number of hydrogen-bond acceptors (Lipinski definition) is 3. The lowest BCUT2D eigenvalue weighted by atomic mass is 9.98.